The van der Waals surface area contributed by atoms with Crippen molar-refractivity contribution in [2.75, 3.05) is 24.5 Å². The average Bonchev–Trinajstić information content (AvgIpc) is 2.55. The SMILES string of the molecule is CCN(c1ccc(C(=O)N2CCC(C)CC2CN)cc1)C(C)C. The number of amides is 1. The van der Waals surface area contributed by atoms with E-state index in [1.165, 1.54) is 5.69 Å². The molecule has 0 spiro atoms. The zero-order chi connectivity index (χ0) is 17.0. The second-order valence-corrected chi connectivity index (χ2v) is 6.94. The fraction of sp³-hybridized carbons (Fsp3) is 0.632. The zero-order valence-corrected chi connectivity index (χ0v) is 15.0. The molecule has 1 saturated heterocycles. The lowest BCUT2D eigenvalue weighted by molar-refractivity contribution is 0.0573. The van der Waals surface area contributed by atoms with E-state index in [1.54, 1.807) is 0 Å². The maximum Gasteiger partial charge on any atom is 0.254 e. The van der Waals surface area contributed by atoms with E-state index in [1.807, 2.05) is 17.0 Å². The minimum absolute atomic E-state index is 0.117. The van der Waals surface area contributed by atoms with Gasteiger partial charge in [0, 0.05) is 43.0 Å². The Morgan fingerprint density at radius 2 is 2.00 bits per heavy atom. The molecule has 1 fully saturated rings. The summed E-state index contributed by atoms with van der Waals surface area (Å²) in [4.78, 5) is 17.1. The zero-order valence-electron chi connectivity index (χ0n) is 15.0. The minimum Gasteiger partial charge on any atom is -0.369 e. The molecule has 2 unspecified atom stereocenters. The first kappa shape index (κ1) is 17.8. The van der Waals surface area contributed by atoms with Crippen molar-refractivity contribution >= 4 is 11.6 Å². The standard InChI is InChI=1S/C19H31N3O/c1-5-21(14(2)3)17-8-6-16(7-9-17)19(23)22-11-10-15(4)12-18(22)13-20/h6-9,14-15,18H,5,10-13,20H2,1-4H3. The van der Waals surface area contributed by atoms with Crippen LogP contribution < -0.4 is 10.6 Å². The van der Waals surface area contributed by atoms with E-state index in [0.717, 1.165) is 31.5 Å². The highest BCUT2D eigenvalue weighted by Crippen LogP contribution is 2.25. The summed E-state index contributed by atoms with van der Waals surface area (Å²) in [6.07, 6.45) is 2.08. The highest BCUT2D eigenvalue weighted by molar-refractivity contribution is 5.94. The molecule has 128 valence electrons. The first-order valence-electron chi connectivity index (χ1n) is 8.85. The highest BCUT2D eigenvalue weighted by Gasteiger charge is 2.29. The van der Waals surface area contributed by atoms with Gasteiger partial charge in [0.05, 0.1) is 0 Å². The largest absolute Gasteiger partial charge is 0.369 e. The molecule has 1 aromatic carbocycles. The van der Waals surface area contributed by atoms with E-state index in [2.05, 4.69) is 44.7 Å². The summed E-state index contributed by atoms with van der Waals surface area (Å²) in [5.74, 6) is 0.769. The van der Waals surface area contributed by atoms with Crippen molar-refractivity contribution in [2.24, 2.45) is 11.7 Å². The van der Waals surface area contributed by atoms with Crippen molar-refractivity contribution in [1.82, 2.24) is 4.90 Å². The lowest BCUT2D eigenvalue weighted by Gasteiger charge is -2.38. The van der Waals surface area contributed by atoms with Gasteiger partial charge < -0.3 is 15.5 Å². The molecule has 23 heavy (non-hydrogen) atoms. The second-order valence-electron chi connectivity index (χ2n) is 6.94. The molecule has 0 aliphatic carbocycles. The van der Waals surface area contributed by atoms with Crippen LogP contribution in [0.3, 0.4) is 0 Å². The number of carbonyl (C=O) groups excluding carboxylic acids is 1. The third kappa shape index (κ3) is 4.05. The number of nitrogens with zero attached hydrogens (tertiary/aromatic N) is 2. The number of likely N-dealkylation sites (tertiary alicyclic amines) is 1. The Balaban J connectivity index is 2.13. The number of anilines is 1. The summed E-state index contributed by atoms with van der Waals surface area (Å²) in [6, 6.07) is 8.64. The van der Waals surface area contributed by atoms with Crippen molar-refractivity contribution in [1.29, 1.82) is 0 Å². The van der Waals surface area contributed by atoms with E-state index in [-0.39, 0.29) is 11.9 Å². The van der Waals surface area contributed by atoms with Crippen molar-refractivity contribution in [3.05, 3.63) is 29.8 Å². The van der Waals surface area contributed by atoms with Crippen molar-refractivity contribution in [3.8, 4) is 0 Å². The number of hydrogen-bond acceptors (Lipinski definition) is 3. The fourth-order valence-corrected chi connectivity index (χ4v) is 3.55. The maximum atomic E-state index is 12.8. The summed E-state index contributed by atoms with van der Waals surface area (Å²) in [6.45, 7) is 11.1. The number of benzene rings is 1. The number of rotatable bonds is 5. The van der Waals surface area contributed by atoms with Crippen LogP contribution in [0.5, 0.6) is 0 Å². The second kappa shape index (κ2) is 7.82. The first-order chi connectivity index (χ1) is 11.0. The molecule has 1 aliphatic heterocycles. The maximum absolute atomic E-state index is 12.8. The molecule has 1 aliphatic rings. The Labute approximate surface area is 140 Å². The van der Waals surface area contributed by atoms with Crippen LogP contribution in [-0.2, 0) is 0 Å². The van der Waals surface area contributed by atoms with Gasteiger partial charge in [0.25, 0.3) is 5.91 Å². The Hall–Kier alpha value is -1.55. The third-order valence-electron chi connectivity index (χ3n) is 4.92. The summed E-state index contributed by atoms with van der Waals surface area (Å²) in [7, 11) is 0. The number of carbonyl (C=O) groups is 1. The molecule has 0 saturated carbocycles. The van der Waals surface area contributed by atoms with Crippen molar-refractivity contribution in [2.45, 2.75) is 52.6 Å². The van der Waals surface area contributed by atoms with Crippen LogP contribution in [-0.4, -0.2) is 42.5 Å². The van der Waals surface area contributed by atoms with Gasteiger partial charge >= 0.3 is 0 Å². The molecule has 0 bridgehead atoms. The van der Waals surface area contributed by atoms with Gasteiger partial charge in [-0.3, -0.25) is 4.79 Å². The molecule has 2 rings (SSSR count). The van der Waals surface area contributed by atoms with Crippen LogP contribution in [0.25, 0.3) is 0 Å². The van der Waals surface area contributed by atoms with Gasteiger partial charge in [0.2, 0.25) is 0 Å². The average molecular weight is 317 g/mol. The van der Waals surface area contributed by atoms with E-state index in [4.69, 9.17) is 5.73 Å². The Kier molecular flexibility index (Phi) is 6.05. The number of hydrogen-bond donors (Lipinski definition) is 1. The summed E-state index contributed by atoms with van der Waals surface area (Å²) < 4.78 is 0. The predicted molar refractivity (Wildman–Crippen MR) is 96.9 cm³/mol. The van der Waals surface area contributed by atoms with Crippen LogP contribution in [0.15, 0.2) is 24.3 Å². The van der Waals surface area contributed by atoms with E-state index in [0.29, 0.717) is 18.5 Å². The number of piperidine rings is 1. The molecule has 2 N–H and O–H groups in total. The van der Waals surface area contributed by atoms with Gasteiger partial charge in [-0.05, 0) is 63.8 Å². The van der Waals surface area contributed by atoms with Crippen LogP contribution in [0, 0.1) is 5.92 Å². The molecule has 0 radical (unpaired) electrons. The van der Waals surface area contributed by atoms with E-state index < -0.39 is 0 Å². The molecule has 4 nitrogen and oxygen atoms in total. The van der Waals surface area contributed by atoms with Gasteiger partial charge in [-0.2, -0.15) is 0 Å². The Bertz CT molecular complexity index is 512. The van der Waals surface area contributed by atoms with Gasteiger partial charge in [0.15, 0.2) is 0 Å². The number of nitrogens with two attached hydrogens (primary N) is 1. The van der Waals surface area contributed by atoms with E-state index in [9.17, 15) is 4.79 Å². The van der Waals surface area contributed by atoms with Gasteiger partial charge in [-0.25, -0.2) is 0 Å². The first-order valence-corrected chi connectivity index (χ1v) is 8.85. The molecular formula is C19H31N3O. The normalized spacial score (nSPS) is 21.6. The van der Waals surface area contributed by atoms with Gasteiger partial charge in [-0.1, -0.05) is 6.92 Å². The molecular weight excluding hydrogens is 286 g/mol. The van der Waals surface area contributed by atoms with Crippen LogP contribution in [0.4, 0.5) is 5.69 Å². The minimum atomic E-state index is 0.117. The lowest BCUT2D eigenvalue weighted by Crippen LogP contribution is -2.49. The quantitative estimate of drug-likeness (QED) is 0.908. The monoisotopic (exact) mass is 317 g/mol. The third-order valence-corrected chi connectivity index (χ3v) is 4.92. The molecule has 1 heterocycles. The van der Waals surface area contributed by atoms with Gasteiger partial charge in [-0.15, -0.1) is 0 Å². The van der Waals surface area contributed by atoms with Crippen molar-refractivity contribution in [3.63, 3.8) is 0 Å². The molecule has 1 amide bonds. The van der Waals surface area contributed by atoms with Crippen LogP contribution >= 0.6 is 0 Å². The summed E-state index contributed by atoms with van der Waals surface area (Å²) >= 11 is 0. The van der Waals surface area contributed by atoms with Crippen LogP contribution in [0.1, 0.15) is 50.9 Å². The van der Waals surface area contributed by atoms with Gasteiger partial charge in [0.1, 0.15) is 0 Å². The lowest BCUT2D eigenvalue weighted by atomic mass is 9.92. The Morgan fingerprint density at radius 3 is 2.52 bits per heavy atom. The smallest absolute Gasteiger partial charge is 0.254 e. The predicted octanol–water partition coefficient (Wildman–Crippen LogP) is 3.12. The fourth-order valence-electron chi connectivity index (χ4n) is 3.55. The Morgan fingerprint density at radius 1 is 1.35 bits per heavy atom. The molecule has 4 heteroatoms. The molecule has 2 atom stereocenters. The topological polar surface area (TPSA) is 49.6 Å². The summed E-state index contributed by atoms with van der Waals surface area (Å²) in [5, 5.41) is 0. The molecule has 0 aromatic heterocycles. The van der Waals surface area contributed by atoms with Crippen LogP contribution in [0.2, 0.25) is 0 Å². The van der Waals surface area contributed by atoms with Crippen molar-refractivity contribution < 1.29 is 4.79 Å². The summed E-state index contributed by atoms with van der Waals surface area (Å²) in [5.41, 5.74) is 7.82. The van der Waals surface area contributed by atoms with E-state index >= 15 is 0 Å². The molecule has 1 aromatic rings. The highest BCUT2D eigenvalue weighted by atomic mass is 16.2.